The van der Waals surface area contributed by atoms with E-state index in [2.05, 4.69) is 11.0 Å². The van der Waals surface area contributed by atoms with Crippen LogP contribution in [0.4, 0.5) is 4.39 Å². The summed E-state index contributed by atoms with van der Waals surface area (Å²) in [6.07, 6.45) is 2.87. The highest BCUT2D eigenvalue weighted by atomic mass is 19.1. The Bertz CT molecular complexity index is 745. The predicted octanol–water partition coefficient (Wildman–Crippen LogP) is 3.08. The van der Waals surface area contributed by atoms with Crippen molar-refractivity contribution in [2.24, 2.45) is 0 Å². The van der Waals surface area contributed by atoms with Crippen LogP contribution in [0.1, 0.15) is 35.7 Å². The van der Waals surface area contributed by atoms with Crippen molar-refractivity contribution in [2.45, 2.75) is 25.2 Å². The topological polar surface area (TPSA) is 36.4 Å². The Labute approximate surface area is 154 Å². The molecule has 0 aliphatic carbocycles. The highest BCUT2D eigenvalue weighted by Gasteiger charge is 2.24. The maximum atomic E-state index is 13.1. The minimum Gasteiger partial charge on any atom is -0.348 e. The number of amides is 1. The van der Waals surface area contributed by atoms with Crippen LogP contribution in [0.5, 0.6) is 0 Å². The zero-order chi connectivity index (χ0) is 18.5. The van der Waals surface area contributed by atoms with E-state index in [4.69, 9.17) is 4.98 Å². The number of benzene rings is 1. The van der Waals surface area contributed by atoms with Crippen LogP contribution in [0.3, 0.4) is 0 Å². The number of likely N-dealkylation sites (N-methyl/N-ethyl adjacent to an activating group) is 1. The van der Waals surface area contributed by atoms with Crippen LogP contribution in [0.2, 0.25) is 0 Å². The molecular weight excluding hydrogens is 329 g/mol. The molecule has 2 heterocycles. The van der Waals surface area contributed by atoms with E-state index in [1.165, 1.54) is 12.1 Å². The first kappa shape index (κ1) is 18.5. The molecule has 1 aromatic heterocycles. The minimum absolute atomic E-state index is 0.142. The number of likely N-dealkylation sites (tertiary alicyclic amines) is 1. The zero-order valence-corrected chi connectivity index (χ0v) is 15.5. The Morgan fingerprint density at radius 2 is 2.00 bits per heavy atom. The van der Waals surface area contributed by atoms with Gasteiger partial charge in [0.2, 0.25) is 5.91 Å². The zero-order valence-electron chi connectivity index (χ0n) is 15.5. The van der Waals surface area contributed by atoms with Crippen molar-refractivity contribution < 1.29 is 9.18 Å². The van der Waals surface area contributed by atoms with Gasteiger partial charge in [-0.2, -0.15) is 0 Å². The Kier molecular flexibility index (Phi) is 5.99. The first-order valence-electron chi connectivity index (χ1n) is 9.14. The summed E-state index contributed by atoms with van der Waals surface area (Å²) in [6.45, 7) is 2.30. The van der Waals surface area contributed by atoms with E-state index in [1.54, 1.807) is 31.1 Å². The first-order chi connectivity index (χ1) is 12.5. The lowest BCUT2D eigenvalue weighted by Crippen LogP contribution is -2.41. The van der Waals surface area contributed by atoms with Crippen molar-refractivity contribution in [1.82, 2.24) is 14.8 Å². The molecule has 1 saturated heterocycles. The number of halogens is 1. The molecule has 2 aromatic rings. The molecule has 1 amide bonds. The van der Waals surface area contributed by atoms with E-state index in [0.29, 0.717) is 18.9 Å². The molecule has 0 radical (unpaired) electrons. The highest BCUT2D eigenvalue weighted by molar-refractivity contribution is 5.77. The number of nitrogens with zero attached hydrogens (tertiary/aromatic N) is 3. The van der Waals surface area contributed by atoms with Crippen molar-refractivity contribution in [3.8, 4) is 0 Å². The Hall–Kier alpha value is -2.27. The van der Waals surface area contributed by atoms with Crippen molar-refractivity contribution in [3.05, 3.63) is 65.2 Å². The first-order valence-corrected chi connectivity index (χ1v) is 9.14. The SMILES string of the molecule is CN(C)C(=O)CN1CCC[C@H](c2cccc(Cc3ccc(F)cc3)n2)C1. The molecule has 0 unspecified atom stereocenters. The average Bonchev–Trinajstić information content (AvgIpc) is 2.64. The Morgan fingerprint density at radius 3 is 2.73 bits per heavy atom. The molecule has 0 saturated carbocycles. The summed E-state index contributed by atoms with van der Waals surface area (Å²) in [5.41, 5.74) is 3.14. The number of rotatable bonds is 5. The molecule has 0 bridgehead atoms. The van der Waals surface area contributed by atoms with Crippen molar-refractivity contribution >= 4 is 5.91 Å². The summed E-state index contributed by atoms with van der Waals surface area (Å²) in [5.74, 6) is 0.278. The van der Waals surface area contributed by atoms with Crippen LogP contribution in [0.15, 0.2) is 42.5 Å². The lowest BCUT2D eigenvalue weighted by molar-refractivity contribution is -0.130. The fraction of sp³-hybridized carbons (Fsp3) is 0.429. The van der Waals surface area contributed by atoms with Crippen molar-refractivity contribution in [2.75, 3.05) is 33.7 Å². The summed E-state index contributed by atoms with van der Waals surface area (Å²) in [5, 5.41) is 0. The molecule has 1 atom stereocenters. The largest absolute Gasteiger partial charge is 0.348 e. The molecule has 3 rings (SSSR count). The van der Waals surface area contributed by atoms with E-state index in [0.717, 1.165) is 42.9 Å². The number of carbonyl (C=O) groups excluding carboxylic acids is 1. The normalized spacial score (nSPS) is 17.9. The van der Waals surface area contributed by atoms with Crippen LogP contribution in [0.25, 0.3) is 0 Å². The standard InChI is InChI=1S/C21H26FN3O/c1-24(2)21(26)15-25-12-4-5-17(14-25)20-7-3-6-19(23-20)13-16-8-10-18(22)11-9-16/h3,6-11,17H,4-5,12-15H2,1-2H3/t17-/m0/s1. The van der Waals surface area contributed by atoms with Crippen LogP contribution in [-0.2, 0) is 11.2 Å². The van der Waals surface area contributed by atoms with Gasteiger partial charge in [0, 0.05) is 44.4 Å². The molecule has 1 aromatic carbocycles. The van der Waals surface area contributed by atoms with Gasteiger partial charge in [-0.25, -0.2) is 4.39 Å². The number of pyridine rings is 1. The van der Waals surface area contributed by atoms with Gasteiger partial charge in [0.25, 0.3) is 0 Å². The fourth-order valence-corrected chi connectivity index (χ4v) is 3.41. The minimum atomic E-state index is -0.218. The van der Waals surface area contributed by atoms with E-state index in [1.807, 2.05) is 12.1 Å². The molecule has 26 heavy (non-hydrogen) atoms. The molecule has 0 spiro atoms. The molecule has 0 N–H and O–H groups in total. The van der Waals surface area contributed by atoms with Gasteiger partial charge in [-0.1, -0.05) is 18.2 Å². The molecule has 5 heteroatoms. The second-order valence-electron chi connectivity index (χ2n) is 7.22. The number of hydrogen-bond acceptors (Lipinski definition) is 3. The van der Waals surface area contributed by atoms with E-state index >= 15 is 0 Å². The number of piperidine rings is 1. The smallest absolute Gasteiger partial charge is 0.236 e. The molecule has 1 aliphatic rings. The van der Waals surface area contributed by atoms with Gasteiger partial charge in [0.15, 0.2) is 0 Å². The highest BCUT2D eigenvalue weighted by Crippen LogP contribution is 2.26. The average molecular weight is 355 g/mol. The lowest BCUT2D eigenvalue weighted by atomic mass is 9.94. The van der Waals surface area contributed by atoms with Gasteiger partial charge >= 0.3 is 0 Å². The number of carbonyl (C=O) groups is 1. The lowest BCUT2D eigenvalue weighted by Gasteiger charge is -2.32. The van der Waals surface area contributed by atoms with Crippen LogP contribution in [-0.4, -0.2) is 54.4 Å². The fourth-order valence-electron chi connectivity index (χ4n) is 3.41. The van der Waals surface area contributed by atoms with E-state index < -0.39 is 0 Å². The summed E-state index contributed by atoms with van der Waals surface area (Å²) < 4.78 is 13.1. The van der Waals surface area contributed by atoms with E-state index in [-0.39, 0.29) is 11.7 Å². The van der Waals surface area contributed by atoms with Gasteiger partial charge in [-0.05, 0) is 49.2 Å². The third-order valence-electron chi connectivity index (χ3n) is 4.91. The van der Waals surface area contributed by atoms with Gasteiger partial charge in [-0.15, -0.1) is 0 Å². The Balaban J connectivity index is 1.67. The van der Waals surface area contributed by atoms with Crippen molar-refractivity contribution in [3.63, 3.8) is 0 Å². The maximum Gasteiger partial charge on any atom is 0.236 e. The van der Waals surface area contributed by atoms with Gasteiger partial charge < -0.3 is 4.90 Å². The van der Waals surface area contributed by atoms with Crippen LogP contribution in [0, 0.1) is 5.82 Å². The predicted molar refractivity (Wildman–Crippen MR) is 101 cm³/mol. The molecule has 138 valence electrons. The number of aromatic nitrogens is 1. The molecule has 4 nitrogen and oxygen atoms in total. The number of hydrogen-bond donors (Lipinski definition) is 0. The van der Waals surface area contributed by atoms with Gasteiger partial charge in [0.1, 0.15) is 5.82 Å². The third-order valence-corrected chi connectivity index (χ3v) is 4.91. The summed E-state index contributed by atoms with van der Waals surface area (Å²) >= 11 is 0. The second kappa shape index (κ2) is 8.41. The maximum absolute atomic E-state index is 13.1. The quantitative estimate of drug-likeness (QED) is 0.827. The molecule has 1 fully saturated rings. The monoisotopic (exact) mass is 355 g/mol. The van der Waals surface area contributed by atoms with Crippen LogP contribution < -0.4 is 0 Å². The van der Waals surface area contributed by atoms with Crippen molar-refractivity contribution in [1.29, 1.82) is 0 Å². The van der Waals surface area contributed by atoms with Gasteiger partial charge in [0.05, 0.1) is 6.54 Å². The van der Waals surface area contributed by atoms with Gasteiger partial charge in [-0.3, -0.25) is 14.7 Å². The van der Waals surface area contributed by atoms with Crippen LogP contribution >= 0.6 is 0 Å². The van der Waals surface area contributed by atoms with E-state index in [9.17, 15) is 9.18 Å². The summed E-state index contributed by atoms with van der Waals surface area (Å²) in [4.78, 5) is 20.7. The summed E-state index contributed by atoms with van der Waals surface area (Å²) in [7, 11) is 3.59. The molecule has 1 aliphatic heterocycles. The third kappa shape index (κ3) is 4.88. The second-order valence-corrected chi connectivity index (χ2v) is 7.22. The summed E-state index contributed by atoms with van der Waals surface area (Å²) in [6, 6.07) is 12.7. The Morgan fingerprint density at radius 1 is 1.23 bits per heavy atom. The molecular formula is C21H26FN3O.